The van der Waals surface area contributed by atoms with Crippen molar-refractivity contribution in [3.63, 3.8) is 0 Å². The second kappa shape index (κ2) is 50.5. The summed E-state index contributed by atoms with van der Waals surface area (Å²) in [6, 6.07) is 1.33. The van der Waals surface area contributed by atoms with Crippen LogP contribution in [0.15, 0.2) is 0 Å². The van der Waals surface area contributed by atoms with Gasteiger partial charge >= 0.3 is 123 Å². The third-order valence-corrected chi connectivity index (χ3v) is 15.1. The van der Waals surface area contributed by atoms with Crippen molar-refractivity contribution in [2.24, 2.45) is 0 Å². The Labute approximate surface area is 313 Å². The second-order valence-electron chi connectivity index (χ2n) is 6.45. The molecule has 0 fully saturated rings. The molecule has 0 amide bonds. The zero-order chi connectivity index (χ0) is 34.9. The van der Waals surface area contributed by atoms with Gasteiger partial charge in [-0.1, -0.05) is 19.3 Å². The first kappa shape index (κ1) is 60.0. The summed E-state index contributed by atoms with van der Waals surface area (Å²) in [6.07, 6.45) is 6.15. The van der Waals surface area contributed by atoms with E-state index in [1.807, 2.05) is 0 Å². The molecular weight excluding hydrogens is 960 g/mol. The third kappa shape index (κ3) is 37.1. The van der Waals surface area contributed by atoms with Gasteiger partial charge in [-0.15, -0.1) is 0 Å². The molecule has 13 nitrogen and oxygen atoms in total. The van der Waals surface area contributed by atoms with E-state index >= 15 is 0 Å². The maximum atomic E-state index is 8.68. The number of rotatable bonds is 18. The van der Waals surface area contributed by atoms with Crippen LogP contribution in [-0.4, -0.2) is 100 Å². The minimum absolute atomic E-state index is 0.202. The van der Waals surface area contributed by atoms with Gasteiger partial charge in [0, 0.05) is 53.7 Å². The molecule has 0 aliphatic heterocycles. The van der Waals surface area contributed by atoms with Gasteiger partial charge < -0.3 is 61.9 Å². The Morgan fingerprint density at radius 1 is 0.500 bits per heavy atom. The zero-order valence-corrected chi connectivity index (χ0v) is 43.9. The summed E-state index contributed by atoms with van der Waals surface area (Å²) in [5, 5.41) is 0. The summed E-state index contributed by atoms with van der Waals surface area (Å²) < 4.78 is 41.0. The minimum atomic E-state index is -3.36. The Bertz CT molecular complexity index is 531. The van der Waals surface area contributed by atoms with E-state index in [9.17, 15) is 0 Å². The van der Waals surface area contributed by atoms with Gasteiger partial charge in [0.15, 0.2) is 0 Å². The SMILES string of the molecule is CO[Si](CCC[NH-])(OC)O[Si](CCC[NH-])(OC)O[Si](CCC[NH-])(OC)OC.C[C-]=O.C[C-]=O.C[C-]=O.[S]=[Cd].[S]=[Cd].[S]=[Cd]. The van der Waals surface area contributed by atoms with Crippen molar-refractivity contribution in [2.75, 3.05) is 55.2 Å². The van der Waals surface area contributed by atoms with Crippen LogP contribution in [-0.2, 0) is 116 Å². The fourth-order valence-corrected chi connectivity index (χ4v) is 13.7. The Balaban J connectivity index is -0.000000137. The number of hydrogen-bond donors (Lipinski definition) is 0. The first-order valence-corrected chi connectivity index (χ1v) is 34.3. The molecule has 0 saturated heterocycles. The van der Waals surface area contributed by atoms with Crippen LogP contribution in [0.2, 0.25) is 18.1 Å². The van der Waals surface area contributed by atoms with Crippen molar-refractivity contribution >= 4 is 71.2 Å². The fourth-order valence-electron chi connectivity index (χ4n) is 2.54. The van der Waals surface area contributed by atoms with E-state index in [-0.39, 0.29) is 19.6 Å². The molecule has 0 aromatic rings. The van der Waals surface area contributed by atoms with E-state index in [1.165, 1.54) is 75.2 Å². The predicted octanol–water partition coefficient (Wildman–Crippen LogP) is 5.68. The Morgan fingerprint density at radius 2 is 0.667 bits per heavy atom. The quantitative estimate of drug-likeness (QED) is 0.121. The van der Waals surface area contributed by atoms with E-state index in [0.717, 1.165) is 71.1 Å². The number of nitrogens with one attached hydrogen (secondary N) is 3. The van der Waals surface area contributed by atoms with E-state index in [1.54, 1.807) is 0 Å². The number of carbonyl (C=O) groups excluding carboxylic acids is 3. The number of hydrogen-bond acceptors (Lipinski definition) is 13. The topological polar surface area (TPSA) is 187 Å². The molecule has 3 N–H and O–H groups in total. The van der Waals surface area contributed by atoms with Gasteiger partial charge in [-0.2, -0.15) is 40.4 Å². The Hall–Kier alpha value is 2.69. The summed E-state index contributed by atoms with van der Waals surface area (Å²) in [5.74, 6) is 0. The van der Waals surface area contributed by atoms with Gasteiger partial charge in [0.2, 0.25) is 0 Å². The summed E-state index contributed by atoms with van der Waals surface area (Å²) in [7, 11) is 10.8. The molecule has 0 aromatic heterocycles. The van der Waals surface area contributed by atoms with Crippen molar-refractivity contribution in [2.45, 2.75) is 58.2 Å². The van der Waals surface area contributed by atoms with Gasteiger partial charge in [0.1, 0.15) is 0 Å². The van der Waals surface area contributed by atoms with E-state index in [4.69, 9.17) is 61.9 Å². The molecule has 42 heavy (non-hydrogen) atoms. The second-order valence-corrected chi connectivity index (χ2v) is 15.7. The molecule has 0 heterocycles. The third-order valence-electron chi connectivity index (χ3n) is 4.16. The first-order valence-electron chi connectivity index (χ1n) is 12.0. The van der Waals surface area contributed by atoms with Crippen molar-refractivity contribution < 1.29 is 116 Å². The molecule has 0 aliphatic rings. The first-order chi connectivity index (χ1) is 20.1. The normalized spacial score (nSPS) is 9.93. The standard InChI is InChI=1S/C14H36N3O7Si3.3C2H3O.3Cd.3S/c1-18-25(19-2,12-6-9-15)23-27(22-5,14-8-11-17)24-26(20-3,21-4)13-7-10-16;3*1-2-3;;;;;;/h15-17H,6-14H2,1-5H3;3*1H3;;;;;;/q-3;3*-1;;;;;;. The summed E-state index contributed by atoms with van der Waals surface area (Å²) in [6.45, 7) is 4.63. The summed E-state index contributed by atoms with van der Waals surface area (Å²) in [4.78, 5) is 26.0. The average molecular weight is 1010 g/mol. The van der Waals surface area contributed by atoms with Crippen LogP contribution in [0.4, 0.5) is 0 Å². The van der Waals surface area contributed by atoms with Crippen LogP contribution >= 0.6 is 25.9 Å². The molecule has 0 aliphatic carbocycles. The molecule has 0 radical (unpaired) electrons. The molecule has 0 aromatic carbocycles. The molecule has 0 rings (SSSR count). The zero-order valence-electron chi connectivity index (χ0n) is 26.3. The van der Waals surface area contributed by atoms with Crippen molar-refractivity contribution in [1.29, 1.82) is 0 Å². The van der Waals surface area contributed by atoms with Crippen LogP contribution in [0.3, 0.4) is 0 Å². The van der Waals surface area contributed by atoms with Crippen molar-refractivity contribution in [1.82, 2.24) is 0 Å². The molecular formula is C20H45Cd3N3O10S3Si3-6. The van der Waals surface area contributed by atoms with Gasteiger partial charge in [-0.05, 0) is 0 Å². The van der Waals surface area contributed by atoms with Gasteiger partial charge in [0.05, 0.1) is 0 Å². The van der Waals surface area contributed by atoms with Gasteiger partial charge in [-0.25, -0.2) is 0 Å². The molecule has 22 heteroatoms. The molecule has 242 valence electrons. The van der Waals surface area contributed by atoms with Crippen LogP contribution in [0.25, 0.3) is 17.2 Å². The van der Waals surface area contributed by atoms with Crippen LogP contribution in [0, 0.1) is 0 Å². The van der Waals surface area contributed by atoms with Gasteiger partial charge in [0.25, 0.3) is 0 Å². The predicted molar refractivity (Wildman–Crippen MR) is 167 cm³/mol. The van der Waals surface area contributed by atoms with Crippen molar-refractivity contribution in [3.8, 4) is 0 Å². The fraction of sp³-hybridized carbons (Fsp3) is 0.850. The van der Waals surface area contributed by atoms with Gasteiger partial charge in [-0.3, -0.25) is 18.9 Å². The molecule has 0 bridgehead atoms. The summed E-state index contributed by atoms with van der Waals surface area (Å²) in [5.41, 5.74) is 22.4. The van der Waals surface area contributed by atoms with Crippen molar-refractivity contribution in [3.05, 3.63) is 17.2 Å². The average Bonchev–Trinajstić information content (AvgIpc) is 3.04. The van der Waals surface area contributed by atoms with Crippen LogP contribution < -0.4 is 0 Å². The van der Waals surface area contributed by atoms with E-state index in [2.05, 4.69) is 25.9 Å². The Kier molecular flexibility index (Phi) is 72.3. The molecule has 0 atom stereocenters. The van der Waals surface area contributed by atoms with Crippen LogP contribution in [0.5, 0.6) is 0 Å². The maximum absolute atomic E-state index is 8.68. The molecule has 0 unspecified atom stereocenters. The molecule has 0 spiro atoms. The van der Waals surface area contributed by atoms with E-state index in [0.29, 0.717) is 37.4 Å². The Morgan fingerprint density at radius 3 is 0.810 bits per heavy atom. The van der Waals surface area contributed by atoms with E-state index < -0.39 is 26.4 Å². The molecule has 0 saturated carbocycles. The summed E-state index contributed by atoms with van der Waals surface area (Å²) >= 11 is 2.20. The van der Waals surface area contributed by atoms with Crippen LogP contribution in [0.1, 0.15) is 40.0 Å². The monoisotopic (exact) mass is 1010 g/mol.